The Kier molecular flexibility index (Phi) is 5.59. The van der Waals surface area contributed by atoms with E-state index in [4.69, 9.17) is 0 Å². The fourth-order valence-corrected chi connectivity index (χ4v) is 6.53. The summed E-state index contributed by atoms with van der Waals surface area (Å²) in [5.74, 6) is 0.0970. The molecule has 3 rings (SSSR count). The maximum absolute atomic E-state index is 12.6. The second-order valence-electron chi connectivity index (χ2n) is 6.45. The third-order valence-electron chi connectivity index (χ3n) is 4.76. The average molecular weight is 372 g/mol. The van der Waals surface area contributed by atoms with Crippen LogP contribution in [-0.4, -0.2) is 62.8 Å². The summed E-state index contributed by atoms with van der Waals surface area (Å²) in [7, 11) is -1.48. The molecule has 2 saturated heterocycles. The maximum atomic E-state index is 12.6. The van der Waals surface area contributed by atoms with Crippen molar-refractivity contribution in [3.8, 4) is 0 Å². The first-order valence-corrected chi connectivity index (χ1v) is 10.8. The van der Waals surface area contributed by atoms with Gasteiger partial charge >= 0.3 is 0 Å². The quantitative estimate of drug-likeness (QED) is 0.818. The summed E-state index contributed by atoms with van der Waals surface area (Å²) in [4.78, 5) is 15.3. The lowest BCUT2D eigenvalue weighted by Crippen LogP contribution is -2.41. The molecule has 1 atom stereocenters. The van der Waals surface area contributed by atoms with Crippen molar-refractivity contribution in [2.24, 2.45) is 0 Å². The molecule has 2 aliphatic heterocycles. The highest BCUT2D eigenvalue weighted by molar-refractivity contribution is 7.91. The van der Waals surface area contributed by atoms with Crippen LogP contribution in [0.15, 0.2) is 16.3 Å². The molecule has 24 heavy (non-hydrogen) atoms. The Balaban J connectivity index is 1.66. The van der Waals surface area contributed by atoms with E-state index in [1.165, 1.54) is 11.3 Å². The summed E-state index contributed by atoms with van der Waals surface area (Å²) in [6.07, 6.45) is 4.22. The standard InChI is InChI=1S/C16H25N3O3S2/c1-17-12-13-5-4-10-19(13)15(20)11-14-6-7-16(23-14)24(21,22)18-8-2-3-9-18/h6-7,13,17H,2-5,8-12H2,1H3. The van der Waals surface area contributed by atoms with Crippen LogP contribution in [0.3, 0.4) is 0 Å². The third-order valence-corrected chi connectivity index (χ3v) is 8.21. The SMILES string of the molecule is CNCC1CCCN1C(=O)Cc1ccc(S(=O)(=O)N2CCCC2)s1. The summed E-state index contributed by atoms with van der Waals surface area (Å²) in [6.45, 7) is 2.82. The Morgan fingerprint density at radius 3 is 2.71 bits per heavy atom. The van der Waals surface area contributed by atoms with Crippen LogP contribution in [0.2, 0.25) is 0 Å². The Labute approximate surface area is 147 Å². The molecule has 0 bridgehead atoms. The van der Waals surface area contributed by atoms with Gasteiger partial charge in [-0.2, -0.15) is 4.31 Å². The lowest BCUT2D eigenvalue weighted by atomic mass is 10.2. The van der Waals surface area contributed by atoms with E-state index >= 15 is 0 Å². The molecule has 1 unspecified atom stereocenters. The van der Waals surface area contributed by atoms with E-state index in [0.717, 1.165) is 43.6 Å². The molecule has 0 aromatic carbocycles. The first kappa shape index (κ1) is 17.8. The van der Waals surface area contributed by atoms with Crippen LogP contribution in [0, 0.1) is 0 Å². The molecule has 1 aromatic heterocycles. The van der Waals surface area contributed by atoms with Crippen molar-refractivity contribution in [1.29, 1.82) is 0 Å². The van der Waals surface area contributed by atoms with E-state index in [-0.39, 0.29) is 11.9 Å². The zero-order chi connectivity index (χ0) is 17.2. The van der Waals surface area contributed by atoms with Gasteiger partial charge in [-0.15, -0.1) is 11.3 Å². The number of thiophene rings is 1. The van der Waals surface area contributed by atoms with E-state index in [1.54, 1.807) is 16.4 Å². The van der Waals surface area contributed by atoms with E-state index in [9.17, 15) is 13.2 Å². The minimum absolute atomic E-state index is 0.0970. The molecule has 1 N–H and O–H groups in total. The maximum Gasteiger partial charge on any atom is 0.252 e. The Hall–Kier alpha value is -0.960. The summed E-state index contributed by atoms with van der Waals surface area (Å²) in [5, 5.41) is 3.14. The van der Waals surface area contributed by atoms with Crippen LogP contribution in [-0.2, 0) is 21.2 Å². The highest BCUT2D eigenvalue weighted by Crippen LogP contribution is 2.28. The lowest BCUT2D eigenvalue weighted by Gasteiger charge is -2.24. The van der Waals surface area contributed by atoms with Crippen molar-refractivity contribution < 1.29 is 13.2 Å². The highest BCUT2D eigenvalue weighted by Gasteiger charge is 2.30. The summed E-state index contributed by atoms with van der Waals surface area (Å²) >= 11 is 1.24. The molecule has 2 aliphatic rings. The van der Waals surface area contributed by atoms with Crippen LogP contribution in [0.1, 0.15) is 30.6 Å². The van der Waals surface area contributed by atoms with Crippen molar-refractivity contribution in [3.05, 3.63) is 17.0 Å². The second-order valence-corrected chi connectivity index (χ2v) is 9.78. The molecule has 0 saturated carbocycles. The largest absolute Gasteiger partial charge is 0.338 e. The molecule has 2 fully saturated rings. The van der Waals surface area contributed by atoms with Gasteiger partial charge in [-0.05, 0) is 44.9 Å². The molecule has 1 aromatic rings. The number of nitrogens with zero attached hydrogens (tertiary/aromatic N) is 2. The number of carbonyl (C=O) groups is 1. The number of carbonyl (C=O) groups excluding carboxylic acids is 1. The van der Waals surface area contributed by atoms with Gasteiger partial charge < -0.3 is 10.2 Å². The van der Waals surface area contributed by atoms with Crippen molar-refractivity contribution in [2.75, 3.05) is 33.2 Å². The molecule has 3 heterocycles. The van der Waals surface area contributed by atoms with Gasteiger partial charge in [0.2, 0.25) is 5.91 Å². The summed E-state index contributed by atoms with van der Waals surface area (Å²) in [6, 6.07) is 3.69. The average Bonchev–Trinajstić information content (AvgIpc) is 3.29. The minimum atomic E-state index is -3.38. The molecule has 0 aliphatic carbocycles. The first-order chi connectivity index (χ1) is 11.5. The molecule has 134 valence electrons. The van der Waals surface area contributed by atoms with Crippen LogP contribution >= 0.6 is 11.3 Å². The number of nitrogens with one attached hydrogen (secondary N) is 1. The number of rotatable bonds is 6. The lowest BCUT2D eigenvalue weighted by molar-refractivity contribution is -0.131. The third kappa shape index (κ3) is 3.66. The van der Waals surface area contributed by atoms with Gasteiger partial charge in [0.1, 0.15) is 4.21 Å². The zero-order valence-corrected chi connectivity index (χ0v) is 15.7. The van der Waals surface area contributed by atoms with E-state index in [2.05, 4.69) is 5.32 Å². The molecular formula is C16H25N3O3S2. The summed E-state index contributed by atoms with van der Waals surface area (Å²) < 4.78 is 27.0. The molecule has 6 nitrogen and oxygen atoms in total. The number of sulfonamides is 1. The molecule has 8 heteroatoms. The van der Waals surface area contributed by atoms with Crippen molar-refractivity contribution >= 4 is 27.3 Å². The first-order valence-electron chi connectivity index (χ1n) is 8.55. The van der Waals surface area contributed by atoms with Crippen LogP contribution in [0.25, 0.3) is 0 Å². The number of likely N-dealkylation sites (N-methyl/N-ethyl adjacent to an activating group) is 1. The predicted molar refractivity (Wildman–Crippen MR) is 94.7 cm³/mol. The van der Waals surface area contributed by atoms with Crippen LogP contribution in [0.4, 0.5) is 0 Å². The normalized spacial score (nSPS) is 22.4. The Morgan fingerprint density at radius 1 is 1.25 bits per heavy atom. The number of likely N-dealkylation sites (tertiary alicyclic amines) is 1. The molecular weight excluding hydrogens is 346 g/mol. The Morgan fingerprint density at radius 2 is 2.00 bits per heavy atom. The van der Waals surface area contributed by atoms with Gasteiger partial charge in [0, 0.05) is 37.1 Å². The number of hydrogen-bond donors (Lipinski definition) is 1. The molecule has 0 radical (unpaired) electrons. The fraction of sp³-hybridized carbons (Fsp3) is 0.688. The second kappa shape index (κ2) is 7.51. The van der Waals surface area contributed by atoms with Gasteiger partial charge in [0.05, 0.1) is 6.42 Å². The summed E-state index contributed by atoms with van der Waals surface area (Å²) in [5.41, 5.74) is 0. The number of amides is 1. The minimum Gasteiger partial charge on any atom is -0.338 e. The van der Waals surface area contributed by atoms with E-state index in [1.807, 2.05) is 11.9 Å². The topological polar surface area (TPSA) is 69.7 Å². The van der Waals surface area contributed by atoms with Gasteiger partial charge in [0.15, 0.2) is 0 Å². The Bertz CT molecular complexity index is 680. The zero-order valence-electron chi connectivity index (χ0n) is 14.0. The monoisotopic (exact) mass is 371 g/mol. The molecule has 1 amide bonds. The highest BCUT2D eigenvalue weighted by atomic mass is 32.2. The van der Waals surface area contributed by atoms with Crippen LogP contribution < -0.4 is 5.32 Å². The van der Waals surface area contributed by atoms with E-state index in [0.29, 0.717) is 23.7 Å². The van der Waals surface area contributed by atoms with Gasteiger partial charge in [0.25, 0.3) is 10.0 Å². The predicted octanol–water partition coefficient (Wildman–Crippen LogP) is 1.29. The van der Waals surface area contributed by atoms with Crippen molar-refractivity contribution in [3.63, 3.8) is 0 Å². The fourth-order valence-electron chi connectivity index (χ4n) is 3.51. The molecule has 0 spiro atoms. The van der Waals surface area contributed by atoms with E-state index < -0.39 is 10.0 Å². The smallest absolute Gasteiger partial charge is 0.252 e. The van der Waals surface area contributed by atoms with Gasteiger partial charge in [-0.25, -0.2) is 8.42 Å². The van der Waals surface area contributed by atoms with Crippen molar-refractivity contribution in [1.82, 2.24) is 14.5 Å². The van der Waals surface area contributed by atoms with Crippen LogP contribution in [0.5, 0.6) is 0 Å². The van der Waals surface area contributed by atoms with Gasteiger partial charge in [-0.3, -0.25) is 4.79 Å². The number of hydrogen-bond acceptors (Lipinski definition) is 5. The van der Waals surface area contributed by atoms with Gasteiger partial charge in [-0.1, -0.05) is 0 Å². The van der Waals surface area contributed by atoms with Crippen molar-refractivity contribution in [2.45, 2.75) is 42.4 Å².